The monoisotopic (exact) mass is 380 g/mol. The molecule has 0 bridgehead atoms. The molecule has 3 rings (SSSR count). The summed E-state index contributed by atoms with van der Waals surface area (Å²) >= 11 is 0. The number of benzene rings is 1. The third-order valence-electron chi connectivity index (χ3n) is 4.72. The number of hydrogen-bond acceptors (Lipinski definition) is 4. The van der Waals surface area contributed by atoms with E-state index in [0.29, 0.717) is 26.4 Å². The van der Waals surface area contributed by atoms with Gasteiger partial charge in [-0.3, -0.25) is 0 Å². The fourth-order valence-corrected chi connectivity index (χ4v) is 3.07. The minimum absolute atomic E-state index is 0.400. The van der Waals surface area contributed by atoms with Gasteiger partial charge in [0, 0.05) is 0 Å². The molecule has 1 aromatic carbocycles. The predicted molar refractivity (Wildman–Crippen MR) is 109 cm³/mol. The van der Waals surface area contributed by atoms with E-state index in [1.54, 1.807) is 13.8 Å². The topological polar surface area (TPSA) is 36.9 Å². The van der Waals surface area contributed by atoms with Gasteiger partial charge in [0.15, 0.2) is 0 Å². The maximum absolute atomic E-state index is 5.52. The van der Waals surface area contributed by atoms with Crippen LogP contribution in [0.5, 0.6) is 0 Å². The molecule has 0 saturated heterocycles. The minimum atomic E-state index is 0.400. The van der Waals surface area contributed by atoms with E-state index in [1.807, 2.05) is 0 Å². The Kier molecular flexibility index (Phi) is 9.64. The average molecular weight is 380 g/mol. The smallest absolute Gasteiger partial charge is 0.109 e. The van der Waals surface area contributed by atoms with Crippen molar-refractivity contribution in [3.63, 3.8) is 0 Å². The van der Waals surface area contributed by atoms with Gasteiger partial charge in [-0.25, -0.2) is 0 Å². The van der Waals surface area contributed by atoms with Crippen molar-refractivity contribution >= 4 is 0 Å². The van der Waals surface area contributed by atoms with E-state index in [0.717, 1.165) is 26.4 Å². The maximum Gasteiger partial charge on any atom is 0.109 e. The van der Waals surface area contributed by atoms with Gasteiger partial charge in [-0.2, -0.15) is 0 Å². The number of fused-ring (bicyclic) bond motifs is 3. The van der Waals surface area contributed by atoms with Gasteiger partial charge in [0.05, 0.1) is 26.4 Å². The van der Waals surface area contributed by atoms with Crippen LogP contribution < -0.4 is 0 Å². The van der Waals surface area contributed by atoms with E-state index in [9.17, 15) is 0 Å². The molecule has 0 unspecified atom stereocenters. The van der Waals surface area contributed by atoms with Crippen LogP contribution in [0, 0.1) is 49.4 Å². The summed E-state index contributed by atoms with van der Waals surface area (Å²) in [4.78, 5) is 0. The zero-order chi connectivity index (χ0) is 20.2. The lowest BCUT2D eigenvalue weighted by molar-refractivity contribution is 0.126. The Bertz CT molecular complexity index is 782. The molecule has 0 spiro atoms. The van der Waals surface area contributed by atoms with Gasteiger partial charge >= 0.3 is 0 Å². The quantitative estimate of drug-likeness (QED) is 0.592. The number of ether oxygens (including phenoxy) is 4. The molecule has 1 aromatic rings. The lowest BCUT2D eigenvalue weighted by Gasteiger charge is -2.12. The van der Waals surface area contributed by atoms with E-state index in [1.165, 1.54) is 33.4 Å². The molecule has 0 amide bonds. The number of hydrogen-bond donors (Lipinski definition) is 0. The summed E-state index contributed by atoms with van der Waals surface area (Å²) < 4.78 is 21.2. The van der Waals surface area contributed by atoms with Crippen LogP contribution in [0.4, 0.5) is 0 Å². The molecule has 4 heteroatoms. The molecule has 0 aliphatic carbocycles. The molecule has 0 N–H and O–H groups in total. The molecular formula is C24H28O4. The van der Waals surface area contributed by atoms with Gasteiger partial charge < -0.3 is 18.9 Å². The van der Waals surface area contributed by atoms with Gasteiger partial charge in [0.1, 0.15) is 26.4 Å². The largest absolute Gasteiger partial charge is 0.372 e. The van der Waals surface area contributed by atoms with Crippen LogP contribution in [0.25, 0.3) is 0 Å². The Labute approximate surface area is 168 Å². The van der Waals surface area contributed by atoms with Crippen molar-refractivity contribution in [2.75, 3.05) is 26.4 Å². The second-order valence-corrected chi connectivity index (χ2v) is 6.34. The average Bonchev–Trinajstić information content (AvgIpc) is 3.37. The molecule has 0 fully saturated rings. The van der Waals surface area contributed by atoms with Crippen LogP contribution in [0.3, 0.4) is 0 Å². The molecule has 2 heterocycles. The van der Waals surface area contributed by atoms with Crippen LogP contribution in [-0.2, 0) is 45.4 Å². The molecule has 2 aliphatic rings. The normalized spacial score (nSPS) is 12.9. The van der Waals surface area contributed by atoms with Gasteiger partial charge in [-0.05, 0) is 61.1 Å². The predicted octanol–water partition coefficient (Wildman–Crippen LogP) is 3.43. The second kappa shape index (κ2) is 12.2. The Morgan fingerprint density at radius 2 is 0.964 bits per heavy atom. The van der Waals surface area contributed by atoms with Crippen molar-refractivity contribution in [3.8, 4) is 35.5 Å². The van der Waals surface area contributed by atoms with E-state index in [4.69, 9.17) is 18.9 Å². The van der Waals surface area contributed by atoms with Crippen LogP contribution in [-0.4, -0.2) is 26.4 Å². The first-order chi connectivity index (χ1) is 13.7. The van der Waals surface area contributed by atoms with E-state index >= 15 is 0 Å². The van der Waals surface area contributed by atoms with Crippen LogP contribution in [0.2, 0.25) is 0 Å². The first-order valence-corrected chi connectivity index (χ1v) is 9.39. The summed E-state index contributed by atoms with van der Waals surface area (Å²) in [5.74, 6) is 16.6. The van der Waals surface area contributed by atoms with Crippen LogP contribution >= 0.6 is 0 Å². The van der Waals surface area contributed by atoms with E-state index in [2.05, 4.69) is 49.4 Å². The Morgan fingerprint density at radius 1 is 0.607 bits per heavy atom. The van der Waals surface area contributed by atoms with E-state index in [-0.39, 0.29) is 0 Å². The highest BCUT2D eigenvalue weighted by molar-refractivity contribution is 5.52. The molecule has 148 valence electrons. The SMILES string of the molecule is CC#CCOCC#CCOCC#CC.Cc1c(C)c2c(c3c1COC3)COC2. The molecule has 0 atom stereocenters. The molecule has 2 aliphatic heterocycles. The summed E-state index contributed by atoms with van der Waals surface area (Å²) in [5, 5.41) is 0. The van der Waals surface area contributed by atoms with Crippen molar-refractivity contribution < 1.29 is 18.9 Å². The van der Waals surface area contributed by atoms with Gasteiger partial charge in [-0.1, -0.05) is 23.7 Å². The first kappa shape index (κ1) is 22.0. The second-order valence-electron chi connectivity index (χ2n) is 6.34. The Morgan fingerprint density at radius 3 is 1.36 bits per heavy atom. The van der Waals surface area contributed by atoms with Gasteiger partial charge in [-0.15, -0.1) is 11.8 Å². The standard InChI is InChI=1S/2C12H14O2/c1-7-8(2)10-4-14-6-12(10)11-5-13-3-9(7)11;1-3-5-9-13-11-7-8-12-14-10-6-4-2/h3-6H2,1-2H3;9-12H2,1-2H3. The summed E-state index contributed by atoms with van der Waals surface area (Å²) in [6, 6.07) is 0. The highest BCUT2D eigenvalue weighted by Crippen LogP contribution is 2.36. The Balaban J connectivity index is 0.000000200. The van der Waals surface area contributed by atoms with E-state index < -0.39 is 0 Å². The minimum Gasteiger partial charge on any atom is -0.372 e. The van der Waals surface area contributed by atoms with Gasteiger partial charge in [0.25, 0.3) is 0 Å². The zero-order valence-electron chi connectivity index (χ0n) is 17.3. The van der Waals surface area contributed by atoms with Crippen molar-refractivity contribution in [1.82, 2.24) is 0 Å². The Hall–Kier alpha value is -2.26. The van der Waals surface area contributed by atoms with Crippen molar-refractivity contribution in [3.05, 3.63) is 33.4 Å². The summed E-state index contributed by atoms with van der Waals surface area (Å²) in [6.07, 6.45) is 0. The highest BCUT2D eigenvalue weighted by atomic mass is 16.5. The summed E-state index contributed by atoms with van der Waals surface area (Å²) in [5.41, 5.74) is 8.43. The van der Waals surface area contributed by atoms with Crippen molar-refractivity contribution in [1.29, 1.82) is 0 Å². The van der Waals surface area contributed by atoms with Crippen molar-refractivity contribution in [2.45, 2.75) is 54.1 Å². The zero-order valence-corrected chi connectivity index (χ0v) is 17.3. The highest BCUT2D eigenvalue weighted by Gasteiger charge is 2.26. The molecule has 4 nitrogen and oxygen atoms in total. The molecule has 0 aromatic heterocycles. The molecule has 0 saturated carbocycles. The number of rotatable bonds is 4. The molecule has 0 radical (unpaired) electrons. The summed E-state index contributed by atoms with van der Waals surface area (Å²) in [6.45, 7) is 12.8. The lowest BCUT2D eigenvalue weighted by atomic mass is 9.90. The maximum atomic E-state index is 5.52. The third kappa shape index (κ3) is 6.13. The van der Waals surface area contributed by atoms with Crippen LogP contribution in [0.15, 0.2) is 0 Å². The summed E-state index contributed by atoms with van der Waals surface area (Å²) in [7, 11) is 0. The lowest BCUT2D eigenvalue weighted by Crippen LogP contribution is -2.00. The fraction of sp³-hybridized carbons (Fsp3) is 0.500. The first-order valence-electron chi connectivity index (χ1n) is 9.39. The fourth-order valence-electron chi connectivity index (χ4n) is 3.07. The van der Waals surface area contributed by atoms with Crippen molar-refractivity contribution in [2.24, 2.45) is 0 Å². The molecule has 28 heavy (non-hydrogen) atoms. The van der Waals surface area contributed by atoms with Crippen LogP contribution in [0.1, 0.15) is 47.2 Å². The molecular weight excluding hydrogens is 352 g/mol. The third-order valence-corrected chi connectivity index (χ3v) is 4.72. The van der Waals surface area contributed by atoms with Gasteiger partial charge in [0.2, 0.25) is 0 Å².